The van der Waals surface area contributed by atoms with Crippen molar-refractivity contribution in [1.29, 1.82) is 0 Å². The fourth-order valence-corrected chi connectivity index (χ4v) is 4.28. The van der Waals surface area contributed by atoms with E-state index in [1.165, 1.54) is 12.2 Å². The number of Topliss-reactive ketones (excluding diaryl/α,β-unsaturated/α-hetero) is 2. The summed E-state index contributed by atoms with van der Waals surface area (Å²) >= 11 is 0. The molecule has 0 saturated carbocycles. The lowest BCUT2D eigenvalue weighted by Crippen LogP contribution is -2.37. The van der Waals surface area contributed by atoms with Crippen molar-refractivity contribution in [3.8, 4) is 0 Å². The third kappa shape index (κ3) is 3.50. The van der Waals surface area contributed by atoms with E-state index >= 15 is 0 Å². The Bertz CT molecular complexity index is 1150. The molecule has 5 rings (SSSR count). The Balaban J connectivity index is 0.000000151. The van der Waals surface area contributed by atoms with Gasteiger partial charge in [0.05, 0.1) is 0 Å². The number of ketones is 4. The normalized spacial score (nSPS) is 21.4. The number of fused-ring (bicyclic) bond motifs is 3. The SMILES string of the molecule is Cc1ccc2c(c1)C(=O)C1CC=CCC1C2=O.Cc1ccc2c(c1)C(=O)C=CC2=O. The van der Waals surface area contributed by atoms with Gasteiger partial charge in [0.15, 0.2) is 23.1 Å². The molecule has 30 heavy (non-hydrogen) atoms. The van der Waals surface area contributed by atoms with E-state index in [9.17, 15) is 19.2 Å². The van der Waals surface area contributed by atoms with E-state index in [1.807, 2.05) is 44.2 Å². The van der Waals surface area contributed by atoms with Crippen LogP contribution in [0.5, 0.6) is 0 Å². The zero-order valence-corrected chi connectivity index (χ0v) is 17.0. The Morgan fingerprint density at radius 1 is 0.600 bits per heavy atom. The molecule has 2 aromatic carbocycles. The standard InChI is InChI=1S/C15H14O2.C11H8O2/c1-9-6-7-12-13(8-9)15(17)11-5-3-2-4-10(11)14(12)16;1-7-2-3-8-9(6-7)11(13)5-4-10(8)12/h2-3,6-8,10-11H,4-5H2,1H3;2-6H,1H3. The average molecular weight is 398 g/mol. The molecule has 0 fully saturated rings. The molecular formula is C26H22O4. The lowest BCUT2D eigenvalue weighted by molar-refractivity contribution is 0.0729. The van der Waals surface area contributed by atoms with E-state index in [0.29, 0.717) is 35.1 Å². The van der Waals surface area contributed by atoms with E-state index in [2.05, 4.69) is 0 Å². The van der Waals surface area contributed by atoms with Crippen molar-refractivity contribution in [3.63, 3.8) is 0 Å². The number of benzene rings is 2. The van der Waals surface area contributed by atoms with Crippen LogP contribution in [0.2, 0.25) is 0 Å². The predicted octanol–water partition coefficient (Wildman–Crippen LogP) is 4.89. The van der Waals surface area contributed by atoms with Crippen LogP contribution in [0.25, 0.3) is 0 Å². The first-order valence-corrected chi connectivity index (χ1v) is 10.1. The van der Waals surface area contributed by atoms with Crippen LogP contribution in [-0.4, -0.2) is 23.1 Å². The second-order valence-electron chi connectivity index (χ2n) is 8.04. The van der Waals surface area contributed by atoms with Gasteiger partial charge < -0.3 is 0 Å². The minimum atomic E-state index is -0.123. The lowest BCUT2D eigenvalue weighted by Gasteiger charge is -2.31. The van der Waals surface area contributed by atoms with Crippen LogP contribution < -0.4 is 0 Å². The van der Waals surface area contributed by atoms with E-state index < -0.39 is 0 Å². The monoisotopic (exact) mass is 398 g/mol. The topological polar surface area (TPSA) is 68.3 Å². The number of carbonyl (C=O) groups excluding carboxylic acids is 4. The Labute approximate surface area is 175 Å². The Hall–Kier alpha value is -3.40. The van der Waals surface area contributed by atoms with Crippen LogP contribution in [0.4, 0.5) is 0 Å². The largest absolute Gasteiger partial charge is 0.294 e. The van der Waals surface area contributed by atoms with Crippen LogP contribution in [0, 0.1) is 25.7 Å². The van der Waals surface area contributed by atoms with E-state index in [1.54, 1.807) is 18.2 Å². The molecule has 0 saturated heterocycles. The maximum Gasteiger partial charge on any atom is 0.186 e. The van der Waals surface area contributed by atoms with Gasteiger partial charge in [-0.25, -0.2) is 0 Å². The molecule has 0 aromatic heterocycles. The summed E-state index contributed by atoms with van der Waals surface area (Å²) in [4.78, 5) is 47.3. The molecule has 0 aliphatic heterocycles. The zero-order chi connectivity index (χ0) is 21.4. The van der Waals surface area contributed by atoms with E-state index in [0.717, 1.165) is 11.1 Å². The van der Waals surface area contributed by atoms with Gasteiger partial charge in [-0.1, -0.05) is 47.5 Å². The fraction of sp³-hybridized carbons (Fsp3) is 0.231. The molecule has 0 radical (unpaired) electrons. The van der Waals surface area contributed by atoms with Gasteiger partial charge in [-0.3, -0.25) is 19.2 Å². The van der Waals surface area contributed by atoms with Crippen LogP contribution in [-0.2, 0) is 0 Å². The summed E-state index contributed by atoms with van der Waals surface area (Å²) in [6.07, 6.45) is 8.11. The van der Waals surface area contributed by atoms with Crippen molar-refractivity contribution in [1.82, 2.24) is 0 Å². The Kier molecular flexibility index (Phi) is 5.17. The van der Waals surface area contributed by atoms with Crippen molar-refractivity contribution < 1.29 is 19.2 Å². The fourth-order valence-electron chi connectivity index (χ4n) is 4.28. The number of allylic oxidation sites excluding steroid dienone is 4. The quantitative estimate of drug-likeness (QED) is 0.593. The first kappa shape index (κ1) is 19.9. The summed E-state index contributed by atoms with van der Waals surface area (Å²) in [7, 11) is 0. The van der Waals surface area contributed by atoms with Gasteiger partial charge in [0.2, 0.25) is 0 Å². The van der Waals surface area contributed by atoms with Crippen LogP contribution in [0.15, 0.2) is 60.7 Å². The summed E-state index contributed by atoms with van der Waals surface area (Å²) < 4.78 is 0. The first-order chi connectivity index (χ1) is 14.4. The molecule has 0 heterocycles. The van der Waals surface area contributed by atoms with Crippen molar-refractivity contribution in [2.75, 3.05) is 0 Å². The molecule has 150 valence electrons. The van der Waals surface area contributed by atoms with Gasteiger partial charge in [0.25, 0.3) is 0 Å². The van der Waals surface area contributed by atoms with E-state index in [-0.39, 0.29) is 35.0 Å². The molecule has 4 nitrogen and oxygen atoms in total. The number of rotatable bonds is 0. The molecule has 0 amide bonds. The minimum absolute atomic E-state index is 0.0849. The second kappa shape index (κ2) is 7.79. The lowest BCUT2D eigenvalue weighted by atomic mass is 9.69. The number of carbonyl (C=O) groups is 4. The highest BCUT2D eigenvalue weighted by molar-refractivity contribution is 6.22. The minimum Gasteiger partial charge on any atom is -0.294 e. The highest BCUT2D eigenvalue weighted by atomic mass is 16.1. The summed E-state index contributed by atoms with van der Waals surface area (Å²) in [6.45, 7) is 3.85. The van der Waals surface area contributed by atoms with Crippen LogP contribution in [0.3, 0.4) is 0 Å². The third-order valence-electron chi connectivity index (χ3n) is 5.90. The summed E-state index contributed by atoms with van der Waals surface area (Å²) in [5, 5.41) is 0. The van der Waals surface area contributed by atoms with Crippen LogP contribution >= 0.6 is 0 Å². The third-order valence-corrected chi connectivity index (χ3v) is 5.90. The predicted molar refractivity (Wildman–Crippen MR) is 114 cm³/mol. The van der Waals surface area contributed by atoms with Crippen molar-refractivity contribution >= 4 is 23.1 Å². The van der Waals surface area contributed by atoms with Gasteiger partial charge in [-0.05, 0) is 51.0 Å². The molecule has 2 aromatic rings. The van der Waals surface area contributed by atoms with Gasteiger partial charge in [-0.15, -0.1) is 0 Å². The van der Waals surface area contributed by atoms with Gasteiger partial charge >= 0.3 is 0 Å². The van der Waals surface area contributed by atoms with Crippen molar-refractivity contribution in [3.05, 3.63) is 94.1 Å². The summed E-state index contributed by atoms with van der Waals surface area (Å²) in [5.74, 6) is -0.121. The van der Waals surface area contributed by atoms with Gasteiger partial charge in [0, 0.05) is 34.1 Å². The number of aryl methyl sites for hydroxylation is 2. The number of hydrogen-bond acceptors (Lipinski definition) is 4. The molecule has 2 unspecified atom stereocenters. The first-order valence-electron chi connectivity index (χ1n) is 10.1. The molecular weight excluding hydrogens is 376 g/mol. The highest BCUT2D eigenvalue weighted by Crippen LogP contribution is 2.37. The number of hydrogen-bond donors (Lipinski definition) is 0. The molecule has 3 aliphatic rings. The average Bonchev–Trinajstić information content (AvgIpc) is 2.75. The molecule has 2 atom stereocenters. The van der Waals surface area contributed by atoms with Crippen LogP contribution in [0.1, 0.15) is 65.4 Å². The summed E-state index contributed by atoms with van der Waals surface area (Å²) in [6, 6.07) is 10.9. The Morgan fingerprint density at radius 3 is 1.67 bits per heavy atom. The smallest absolute Gasteiger partial charge is 0.186 e. The molecule has 3 aliphatic carbocycles. The molecule has 4 heteroatoms. The van der Waals surface area contributed by atoms with Crippen molar-refractivity contribution in [2.24, 2.45) is 11.8 Å². The molecule has 0 bridgehead atoms. The van der Waals surface area contributed by atoms with Gasteiger partial charge in [-0.2, -0.15) is 0 Å². The second-order valence-corrected chi connectivity index (χ2v) is 8.04. The molecule has 0 N–H and O–H groups in total. The maximum absolute atomic E-state index is 12.4. The highest BCUT2D eigenvalue weighted by Gasteiger charge is 2.41. The summed E-state index contributed by atoms with van der Waals surface area (Å²) in [5.41, 5.74) is 4.32. The molecule has 0 spiro atoms. The van der Waals surface area contributed by atoms with E-state index in [4.69, 9.17) is 0 Å². The van der Waals surface area contributed by atoms with Crippen molar-refractivity contribution in [2.45, 2.75) is 26.7 Å². The maximum atomic E-state index is 12.4. The van der Waals surface area contributed by atoms with Gasteiger partial charge in [0.1, 0.15) is 0 Å². The Morgan fingerprint density at radius 2 is 1.07 bits per heavy atom. The zero-order valence-electron chi connectivity index (χ0n) is 17.0.